The predicted molar refractivity (Wildman–Crippen MR) is 101 cm³/mol. The lowest BCUT2D eigenvalue weighted by Crippen LogP contribution is -2.25. The maximum atomic E-state index is 11.9. The van der Waals surface area contributed by atoms with Crippen LogP contribution >= 0.6 is 11.8 Å². The number of carbonyl (C=O) groups excluding carboxylic acids is 1. The lowest BCUT2D eigenvalue weighted by atomic mass is 10.1. The second-order valence-electron chi connectivity index (χ2n) is 5.82. The molecule has 0 heterocycles. The Morgan fingerprint density at radius 2 is 1.88 bits per heavy atom. The highest BCUT2D eigenvalue weighted by atomic mass is 32.2. The zero-order valence-electron chi connectivity index (χ0n) is 14.6. The molecule has 4 heteroatoms. The first-order chi connectivity index (χ1) is 11.6. The summed E-state index contributed by atoms with van der Waals surface area (Å²) in [6.45, 7) is 4.79. The number of nitrogens with one attached hydrogen (secondary N) is 1. The molecule has 0 unspecified atom stereocenters. The van der Waals surface area contributed by atoms with Crippen LogP contribution in [0.2, 0.25) is 0 Å². The summed E-state index contributed by atoms with van der Waals surface area (Å²) >= 11 is 1.76. The maximum Gasteiger partial charge on any atom is 0.220 e. The van der Waals surface area contributed by atoms with E-state index in [1.807, 2.05) is 19.1 Å². The Bertz CT molecular complexity index is 668. The molecule has 0 aliphatic rings. The molecular weight excluding hydrogens is 318 g/mol. The van der Waals surface area contributed by atoms with E-state index in [-0.39, 0.29) is 5.91 Å². The Hall–Kier alpha value is -1.94. The quantitative estimate of drug-likeness (QED) is 0.578. The predicted octanol–water partition coefficient (Wildman–Crippen LogP) is 4.15. The average Bonchev–Trinajstić information content (AvgIpc) is 2.58. The van der Waals surface area contributed by atoms with Gasteiger partial charge in [0.1, 0.15) is 5.75 Å². The number of rotatable bonds is 8. The van der Waals surface area contributed by atoms with Gasteiger partial charge in [-0.05, 0) is 49.6 Å². The standard InChI is InChI=1S/C20H25NO2S/c1-15-4-8-18(9-5-15)24-13-12-21-20(22)11-7-17-6-10-19(23-3)16(2)14-17/h4-6,8-10,14H,7,11-13H2,1-3H3,(H,21,22). The first-order valence-electron chi connectivity index (χ1n) is 8.18. The lowest BCUT2D eigenvalue weighted by molar-refractivity contribution is -0.120. The number of amides is 1. The van der Waals surface area contributed by atoms with Crippen molar-refractivity contribution in [3.05, 3.63) is 59.2 Å². The Kier molecular flexibility index (Phi) is 7.19. The zero-order chi connectivity index (χ0) is 17.4. The van der Waals surface area contributed by atoms with Crippen LogP contribution in [0.25, 0.3) is 0 Å². The van der Waals surface area contributed by atoms with E-state index in [4.69, 9.17) is 4.74 Å². The summed E-state index contributed by atoms with van der Waals surface area (Å²) in [6.07, 6.45) is 1.27. The molecule has 1 amide bonds. The third kappa shape index (κ3) is 5.93. The molecule has 0 radical (unpaired) electrons. The van der Waals surface area contributed by atoms with E-state index in [2.05, 4.69) is 42.6 Å². The number of carbonyl (C=O) groups is 1. The minimum atomic E-state index is 0.105. The molecule has 0 fully saturated rings. The van der Waals surface area contributed by atoms with E-state index < -0.39 is 0 Å². The normalized spacial score (nSPS) is 10.5. The van der Waals surface area contributed by atoms with Crippen LogP contribution in [0.1, 0.15) is 23.1 Å². The highest BCUT2D eigenvalue weighted by molar-refractivity contribution is 7.99. The van der Waals surface area contributed by atoms with E-state index in [1.165, 1.54) is 10.5 Å². The summed E-state index contributed by atoms with van der Waals surface area (Å²) in [7, 11) is 1.67. The van der Waals surface area contributed by atoms with E-state index >= 15 is 0 Å². The summed E-state index contributed by atoms with van der Waals surface area (Å²) in [5.74, 6) is 1.88. The van der Waals surface area contributed by atoms with Crippen LogP contribution in [0, 0.1) is 13.8 Å². The molecular formula is C20H25NO2S. The topological polar surface area (TPSA) is 38.3 Å². The minimum absolute atomic E-state index is 0.105. The van der Waals surface area contributed by atoms with Gasteiger partial charge in [0.05, 0.1) is 7.11 Å². The van der Waals surface area contributed by atoms with E-state index in [1.54, 1.807) is 18.9 Å². The summed E-state index contributed by atoms with van der Waals surface area (Å²) in [5.41, 5.74) is 3.53. The number of hydrogen-bond acceptors (Lipinski definition) is 3. The maximum absolute atomic E-state index is 11.9. The summed E-state index contributed by atoms with van der Waals surface area (Å²) in [4.78, 5) is 13.2. The van der Waals surface area contributed by atoms with Gasteiger partial charge in [0.15, 0.2) is 0 Å². The molecule has 2 rings (SSSR count). The monoisotopic (exact) mass is 343 g/mol. The first kappa shape index (κ1) is 18.4. The SMILES string of the molecule is COc1ccc(CCC(=O)NCCSc2ccc(C)cc2)cc1C. The van der Waals surface area contributed by atoms with Crippen molar-refractivity contribution in [2.45, 2.75) is 31.6 Å². The Balaban J connectivity index is 1.66. The van der Waals surface area contributed by atoms with Crippen molar-refractivity contribution in [2.24, 2.45) is 0 Å². The second-order valence-corrected chi connectivity index (χ2v) is 6.98. The average molecular weight is 343 g/mol. The van der Waals surface area contributed by atoms with Gasteiger partial charge in [-0.15, -0.1) is 11.8 Å². The van der Waals surface area contributed by atoms with Crippen LogP contribution in [0.3, 0.4) is 0 Å². The van der Waals surface area contributed by atoms with Crippen LogP contribution in [0.4, 0.5) is 0 Å². The van der Waals surface area contributed by atoms with Crippen molar-refractivity contribution in [3.63, 3.8) is 0 Å². The van der Waals surface area contributed by atoms with Crippen molar-refractivity contribution in [1.29, 1.82) is 0 Å². The van der Waals surface area contributed by atoms with Gasteiger partial charge in [-0.25, -0.2) is 0 Å². The zero-order valence-corrected chi connectivity index (χ0v) is 15.4. The number of thioether (sulfide) groups is 1. The highest BCUT2D eigenvalue weighted by Crippen LogP contribution is 2.19. The van der Waals surface area contributed by atoms with Crippen molar-refractivity contribution in [1.82, 2.24) is 5.32 Å². The van der Waals surface area contributed by atoms with Gasteiger partial charge in [-0.1, -0.05) is 29.8 Å². The smallest absolute Gasteiger partial charge is 0.220 e. The molecule has 2 aromatic carbocycles. The van der Waals surface area contributed by atoms with E-state index in [0.717, 1.165) is 29.1 Å². The largest absolute Gasteiger partial charge is 0.496 e. The van der Waals surface area contributed by atoms with Crippen LogP contribution < -0.4 is 10.1 Å². The Labute approximate surface area is 148 Å². The second kappa shape index (κ2) is 9.38. The number of benzene rings is 2. The molecule has 128 valence electrons. The van der Waals surface area contributed by atoms with Crippen molar-refractivity contribution in [2.75, 3.05) is 19.4 Å². The van der Waals surface area contributed by atoms with Gasteiger partial charge in [0, 0.05) is 23.6 Å². The molecule has 0 saturated heterocycles. The third-order valence-electron chi connectivity index (χ3n) is 3.81. The van der Waals surface area contributed by atoms with Gasteiger partial charge in [-0.3, -0.25) is 4.79 Å². The van der Waals surface area contributed by atoms with Crippen LogP contribution in [0.5, 0.6) is 5.75 Å². The van der Waals surface area contributed by atoms with Gasteiger partial charge >= 0.3 is 0 Å². The molecule has 2 aromatic rings. The fraction of sp³-hybridized carbons (Fsp3) is 0.350. The number of aryl methyl sites for hydroxylation is 3. The van der Waals surface area contributed by atoms with Gasteiger partial charge in [-0.2, -0.15) is 0 Å². The molecule has 0 aliphatic carbocycles. The van der Waals surface area contributed by atoms with Crippen molar-refractivity contribution < 1.29 is 9.53 Å². The van der Waals surface area contributed by atoms with E-state index in [0.29, 0.717) is 13.0 Å². The molecule has 0 saturated carbocycles. The van der Waals surface area contributed by atoms with Gasteiger partial charge < -0.3 is 10.1 Å². The molecule has 1 N–H and O–H groups in total. The number of methoxy groups -OCH3 is 1. The molecule has 0 bridgehead atoms. The van der Waals surface area contributed by atoms with Crippen LogP contribution in [-0.2, 0) is 11.2 Å². The summed E-state index contributed by atoms with van der Waals surface area (Å²) in [5, 5.41) is 2.99. The highest BCUT2D eigenvalue weighted by Gasteiger charge is 2.04. The molecule has 0 spiro atoms. The number of ether oxygens (including phenoxy) is 1. The fourth-order valence-electron chi connectivity index (χ4n) is 2.44. The van der Waals surface area contributed by atoms with Gasteiger partial charge in [0.25, 0.3) is 0 Å². The van der Waals surface area contributed by atoms with Crippen LogP contribution in [-0.4, -0.2) is 25.3 Å². The molecule has 0 aliphatic heterocycles. The molecule has 3 nitrogen and oxygen atoms in total. The first-order valence-corrected chi connectivity index (χ1v) is 9.16. The fourth-order valence-corrected chi connectivity index (χ4v) is 3.20. The Morgan fingerprint density at radius 3 is 2.54 bits per heavy atom. The van der Waals surface area contributed by atoms with Crippen molar-refractivity contribution in [3.8, 4) is 5.75 Å². The van der Waals surface area contributed by atoms with Crippen LogP contribution in [0.15, 0.2) is 47.4 Å². The summed E-state index contributed by atoms with van der Waals surface area (Å²) < 4.78 is 5.25. The minimum Gasteiger partial charge on any atom is -0.496 e. The van der Waals surface area contributed by atoms with Gasteiger partial charge in [0.2, 0.25) is 5.91 Å². The number of hydrogen-bond donors (Lipinski definition) is 1. The third-order valence-corrected chi connectivity index (χ3v) is 4.83. The lowest BCUT2D eigenvalue weighted by Gasteiger charge is -2.08. The van der Waals surface area contributed by atoms with Crippen molar-refractivity contribution >= 4 is 17.7 Å². The van der Waals surface area contributed by atoms with E-state index in [9.17, 15) is 4.79 Å². The molecule has 0 aromatic heterocycles. The Morgan fingerprint density at radius 1 is 1.12 bits per heavy atom. The molecule has 24 heavy (non-hydrogen) atoms. The summed E-state index contributed by atoms with van der Waals surface area (Å²) in [6, 6.07) is 14.5. The molecule has 0 atom stereocenters.